The monoisotopic (exact) mass is 360 g/mol. The van der Waals surface area contributed by atoms with Gasteiger partial charge in [0.05, 0.1) is 26.4 Å². The first kappa shape index (κ1) is 18.8. The smallest absolute Gasteiger partial charge is 0.244 e. The molecule has 2 aromatic rings. The van der Waals surface area contributed by atoms with Gasteiger partial charge >= 0.3 is 0 Å². The van der Waals surface area contributed by atoms with Gasteiger partial charge in [-0.05, 0) is 36.2 Å². The standard InChI is InChI=1S/C19H21ClN2O3/c1-3-11-25-19-15(5-4-6-17(19)24-2)13-21-22-18(23)12-14-7-9-16(20)10-8-14/h4-10,13H,3,11-12H2,1-2H3,(H,22,23)/b21-13-. The minimum absolute atomic E-state index is 0.211. The molecule has 0 bridgehead atoms. The maximum absolute atomic E-state index is 12.0. The predicted octanol–water partition coefficient (Wildman–Crippen LogP) is 3.83. The highest BCUT2D eigenvalue weighted by Crippen LogP contribution is 2.30. The van der Waals surface area contributed by atoms with E-state index in [9.17, 15) is 4.79 Å². The molecule has 0 radical (unpaired) electrons. The zero-order chi connectivity index (χ0) is 18.1. The number of nitrogens with zero attached hydrogens (tertiary/aromatic N) is 1. The number of amides is 1. The normalized spacial score (nSPS) is 10.7. The van der Waals surface area contributed by atoms with Crippen LogP contribution in [0, 0.1) is 0 Å². The maximum Gasteiger partial charge on any atom is 0.244 e. The van der Waals surface area contributed by atoms with Crippen molar-refractivity contribution in [1.29, 1.82) is 0 Å². The Balaban J connectivity index is 2.01. The fourth-order valence-corrected chi connectivity index (χ4v) is 2.28. The summed E-state index contributed by atoms with van der Waals surface area (Å²) in [6, 6.07) is 12.6. The number of para-hydroxylation sites is 1. The topological polar surface area (TPSA) is 59.9 Å². The number of hydrogen-bond acceptors (Lipinski definition) is 4. The summed E-state index contributed by atoms with van der Waals surface area (Å²) in [6.45, 7) is 2.60. The molecular formula is C19H21ClN2O3. The van der Waals surface area contributed by atoms with Crippen molar-refractivity contribution in [2.24, 2.45) is 5.10 Å². The third-order valence-corrected chi connectivity index (χ3v) is 3.60. The highest BCUT2D eigenvalue weighted by molar-refractivity contribution is 6.30. The quantitative estimate of drug-likeness (QED) is 0.575. The number of ether oxygens (including phenoxy) is 2. The second-order valence-electron chi connectivity index (χ2n) is 5.32. The molecule has 5 nitrogen and oxygen atoms in total. The third-order valence-electron chi connectivity index (χ3n) is 3.35. The number of carbonyl (C=O) groups excluding carboxylic acids is 1. The van der Waals surface area contributed by atoms with Crippen LogP contribution in [-0.4, -0.2) is 25.8 Å². The number of rotatable bonds is 8. The summed E-state index contributed by atoms with van der Waals surface area (Å²) >= 11 is 5.83. The Kier molecular flexibility index (Phi) is 7.29. The van der Waals surface area contributed by atoms with E-state index in [0.717, 1.165) is 17.5 Å². The average molecular weight is 361 g/mol. The maximum atomic E-state index is 12.0. The van der Waals surface area contributed by atoms with Gasteiger partial charge in [-0.15, -0.1) is 0 Å². The number of benzene rings is 2. The van der Waals surface area contributed by atoms with E-state index in [1.54, 1.807) is 25.5 Å². The number of halogens is 1. The molecule has 25 heavy (non-hydrogen) atoms. The molecule has 0 aliphatic heterocycles. The van der Waals surface area contributed by atoms with Crippen molar-refractivity contribution in [1.82, 2.24) is 5.43 Å². The molecule has 0 heterocycles. The number of nitrogens with one attached hydrogen (secondary N) is 1. The molecule has 2 aromatic carbocycles. The largest absolute Gasteiger partial charge is 0.493 e. The summed E-state index contributed by atoms with van der Waals surface area (Å²) in [6.07, 6.45) is 2.66. The van der Waals surface area contributed by atoms with E-state index in [2.05, 4.69) is 10.5 Å². The van der Waals surface area contributed by atoms with Gasteiger partial charge < -0.3 is 9.47 Å². The van der Waals surface area contributed by atoms with Gasteiger partial charge in [-0.2, -0.15) is 5.10 Å². The van der Waals surface area contributed by atoms with Gasteiger partial charge in [0.1, 0.15) is 0 Å². The lowest BCUT2D eigenvalue weighted by Gasteiger charge is -2.12. The summed E-state index contributed by atoms with van der Waals surface area (Å²) in [7, 11) is 1.59. The Morgan fingerprint density at radius 1 is 1.24 bits per heavy atom. The van der Waals surface area contributed by atoms with E-state index in [0.29, 0.717) is 23.1 Å². The van der Waals surface area contributed by atoms with Crippen molar-refractivity contribution in [2.45, 2.75) is 19.8 Å². The highest BCUT2D eigenvalue weighted by atomic mass is 35.5. The van der Waals surface area contributed by atoms with E-state index in [1.165, 1.54) is 0 Å². The minimum Gasteiger partial charge on any atom is -0.493 e. The molecule has 6 heteroatoms. The second kappa shape index (κ2) is 9.69. The molecule has 0 fully saturated rings. The van der Waals surface area contributed by atoms with Gasteiger partial charge in [-0.1, -0.05) is 36.7 Å². The molecule has 1 amide bonds. The Bertz CT molecular complexity index is 730. The van der Waals surface area contributed by atoms with Gasteiger partial charge in [0.25, 0.3) is 0 Å². The SMILES string of the molecule is CCCOc1c(/C=N\NC(=O)Cc2ccc(Cl)cc2)cccc1OC. The fraction of sp³-hybridized carbons (Fsp3) is 0.263. The lowest BCUT2D eigenvalue weighted by Crippen LogP contribution is -2.19. The van der Waals surface area contributed by atoms with Crippen LogP contribution in [0.2, 0.25) is 5.02 Å². The van der Waals surface area contributed by atoms with Crippen LogP contribution in [0.15, 0.2) is 47.6 Å². The van der Waals surface area contributed by atoms with Gasteiger partial charge in [-0.3, -0.25) is 4.79 Å². The predicted molar refractivity (Wildman–Crippen MR) is 99.7 cm³/mol. The summed E-state index contributed by atoms with van der Waals surface area (Å²) < 4.78 is 11.0. The van der Waals surface area contributed by atoms with Crippen molar-refractivity contribution >= 4 is 23.7 Å². The van der Waals surface area contributed by atoms with E-state index < -0.39 is 0 Å². The Morgan fingerprint density at radius 3 is 2.68 bits per heavy atom. The first-order valence-corrected chi connectivity index (χ1v) is 8.38. The van der Waals surface area contributed by atoms with Crippen LogP contribution in [-0.2, 0) is 11.2 Å². The van der Waals surface area contributed by atoms with Crippen LogP contribution in [0.5, 0.6) is 11.5 Å². The van der Waals surface area contributed by atoms with Crippen molar-refractivity contribution in [3.8, 4) is 11.5 Å². The molecule has 0 saturated heterocycles. The third kappa shape index (κ3) is 5.80. The molecule has 0 unspecified atom stereocenters. The second-order valence-corrected chi connectivity index (χ2v) is 5.76. The molecule has 132 valence electrons. The first-order valence-electron chi connectivity index (χ1n) is 8.00. The van der Waals surface area contributed by atoms with Crippen LogP contribution in [0.1, 0.15) is 24.5 Å². The van der Waals surface area contributed by atoms with E-state index in [4.69, 9.17) is 21.1 Å². The molecule has 0 atom stereocenters. The summed E-state index contributed by atoms with van der Waals surface area (Å²) in [4.78, 5) is 12.0. The van der Waals surface area contributed by atoms with Gasteiger partial charge in [-0.25, -0.2) is 5.43 Å². The summed E-state index contributed by atoms with van der Waals surface area (Å²) in [5.41, 5.74) is 4.12. The average Bonchev–Trinajstić information content (AvgIpc) is 2.62. The number of hydrazone groups is 1. The van der Waals surface area contributed by atoms with Crippen molar-refractivity contribution in [2.75, 3.05) is 13.7 Å². The van der Waals surface area contributed by atoms with E-state index in [1.807, 2.05) is 37.3 Å². The Morgan fingerprint density at radius 2 is 2.00 bits per heavy atom. The molecule has 0 spiro atoms. The molecule has 0 saturated carbocycles. The molecule has 1 N–H and O–H groups in total. The van der Waals surface area contributed by atoms with Crippen molar-refractivity contribution in [3.63, 3.8) is 0 Å². The molecule has 0 aliphatic carbocycles. The zero-order valence-corrected chi connectivity index (χ0v) is 15.0. The van der Waals surface area contributed by atoms with Crippen LogP contribution >= 0.6 is 11.6 Å². The number of hydrogen-bond donors (Lipinski definition) is 1. The molecule has 0 aromatic heterocycles. The van der Waals surface area contributed by atoms with Crippen LogP contribution in [0.4, 0.5) is 0 Å². The highest BCUT2D eigenvalue weighted by Gasteiger charge is 2.09. The van der Waals surface area contributed by atoms with Crippen molar-refractivity contribution in [3.05, 3.63) is 58.6 Å². The van der Waals surface area contributed by atoms with E-state index in [-0.39, 0.29) is 12.3 Å². The molecule has 0 aliphatic rings. The van der Waals surface area contributed by atoms with Crippen molar-refractivity contribution < 1.29 is 14.3 Å². The molecule has 2 rings (SSSR count). The summed E-state index contributed by atoms with van der Waals surface area (Å²) in [5, 5.41) is 4.65. The number of methoxy groups -OCH3 is 1. The summed E-state index contributed by atoms with van der Waals surface area (Å²) in [5.74, 6) is 1.03. The number of carbonyl (C=O) groups is 1. The van der Waals surface area contributed by atoms with E-state index >= 15 is 0 Å². The van der Waals surface area contributed by atoms with Gasteiger partial charge in [0, 0.05) is 10.6 Å². The van der Waals surface area contributed by atoms with Crippen LogP contribution in [0.25, 0.3) is 0 Å². The lowest BCUT2D eigenvalue weighted by molar-refractivity contribution is -0.120. The fourth-order valence-electron chi connectivity index (χ4n) is 2.15. The minimum atomic E-state index is -0.211. The zero-order valence-electron chi connectivity index (χ0n) is 14.3. The first-order chi connectivity index (χ1) is 12.1. The van der Waals surface area contributed by atoms with Crippen LogP contribution < -0.4 is 14.9 Å². The van der Waals surface area contributed by atoms with Gasteiger partial charge in [0.15, 0.2) is 11.5 Å². The molecular weight excluding hydrogens is 340 g/mol. The lowest BCUT2D eigenvalue weighted by atomic mass is 10.1. The van der Waals surface area contributed by atoms with Gasteiger partial charge in [0.2, 0.25) is 5.91 Å². The van der Waals surface area contributed by atoms with Crippen LogP contribution in [0.3, 0.4) is 0 Å². The Hall–Kier alpha value is -2.53. The Labute approximate surface area is 152 Å².